The number of urea groups is 1. The van der Waals surface area contributed by atoms with Gasteiger partial charge in [0.25, 0.3) is 0 Å². The maximum Gasteiger partial charge on any atom is 0.317 e. The molecular weight excluding hydrogens is 429 g/mol. The molecule has 1 aliphatic rings. The van der Waals surface area contributed by atoms with Gasteiger partial charge in [-0.3, -0.25) is 4.79 Å². The zero-order valence-corrected chi connectivity index (χ0v) is 19.3. The van der Waals surface area contributed by atoms with Gasteiger partial charge < -0.3 is 29.7 Å². The molecule has 0 aromatic heterocycles. The summed E-state index contributed by atoms with van der Waals surface area (Å²) in [5, 5.41) is 5.72. The molecule has 1 saturated heterocycles. The summed E-state index contributed by atoms with van der Waals surface area (Å²) in [7, 11) is 4.59. The van der Waals surface area contributed by atoms with Crippen LogP contribution in [0, 0.1) is 11.7 Å². The second-order valence-corrected chi connectivity index (χ2v) is 7.76. The molecule has 3 rings (SSSR count). The zero-order chi connectivity index (χ0) is 24.0. The Morgan fingerprint density at radius 3 is 2.18 bits per heavy atom. The molecule has 2 atom stereocenters. The maximum atomic E-state index is 13.2. The molecule has 1 fully saturated rings. The van der Waals surface area contributed by atoms with Crippen molar-refractivity contribution in [2.45, 2.75) is 19.4 Å². The van der Waals surface area contributed by atoms with Crippen molar-refractivity contribution < 1.29 is 28.2 Å². The van der Waals surface area contributed by atoms with Crippen LogP contribution in [-0.4, -0.2) is 57.8 Å². The Bertz CT molecular complexity index is 958. The van der Waals surface area contributed by atoms with Crippen molar-refractivity contribution >= 4 is 11.9 Å². The van der Waals surface area contributed by atoms with Gasteiger partial charge in [0.1, 0.15) is 5.82 Å². The van der Waals surface area contributed by atoms with Crippen LogP contribution in [0.15, 0.2) is 36.4 Å². The maximum absolute atomic E-state index is 13.2. The van der Waals surface area contributed by atoms with E-state index in [1.165, 1.54) is 33.5 Å². The number of benzene rings is 2. The first-order chi connectivity index (χ1) is 15.9. The van der Waals surface area contributed by atoms with Crippen molar-refractivity contribution in [3.05, 3.63) is 53.3 Å². The Morgan fingerprint density at radius 1 is 1.00 bits per heavy atom. The van der Waals surface area contributed by atoms with E-state index in [0.29, 0.717) is 30.3 Å². The van der Waals surface area contributed by atoms with E-state index in [9.17, 15) is 14.0 Å². The van der Waals surface area contributed by atoms with Crippen LogP contribution >= 0.6 is 0 Å². The highest BCUT2D eigenvalue weighted by Gasteiger charge is 2.41. The van der Waals surface area contributed by atoms with Gasteiger partial charge >= 0.3 is 6.03 Å². The van der Waals surface area contributed by atoms with E-state index < -0.39 is 5.92 Å². The molecular formula is C24H30FN3O5. The second kappa shape index (κ2) is 10.9. The molecule has 0 spiro atoms. The Morgan fingerprint density at radius 2 is 1.64 bits per heavy atom. The van der Waals surface area contributed by atoms with Gasteiger partial charge in [0.2, 0.25) is 11.7 Å². The fourth-order valence-corrected chi connectivity index (χ4v) is 4.07. The topological polar surface area (TPSA) is 89.1 Å². The molecule has 178 valence electrons. The van der Waals surface area contributed by atoms with Crippen LogP contribution in [0.2, 0.25) is 0 Å². The molecule has 2 aromatic rings. The SMILES string of the molecule is CCNC(=O)N1C[C@H](C(=O)NCc2ccc(F)cc2)[C@@H](c2cc(OC)c(OC)c(OC)c2)C1. The third-order valence-electron chi connectivity index (χ3n) is 5.77. The minimum Gasteiger partial charge on any atom is -0.493 e. The number of nitrogens with zero attached hydrogens (tertiary/aromatic N) is 1. The first-order valence-electron chi connectivity index (χ1n) is 10.8. The van der Waals surface area contributed by atoms with Crippen molar-refractivity contribution in [3.8, 4) is 17.2 Å². The van der Waals surface area contributed by atoms with Gasteiger partial charge in [-0.1, -0.05) is 12.1 Å². The van der Waals surface area contributed by atoms with E-state index in [0.717, 1.165) is 11.1 Å². The van der Waals surface area contributed by atoms with E-state index in [1.54, 1.807) is 17.0 Å². The molecule has 2 aromatic carbocycles. The molecule has 1 aliphatic heterocycles. The number of amides is 3. The third kappa shape index (κ3) is 5.47. The summed E-state index contributed by atoms with van der Waals surface area (Å²) in [6.07, 6.45) is 0. The fraction of sp³-hybridized carbons (Fsp3) is 0.417. The quantitative estimate of drug-likeness (QED) is 0.634. The summed E-state index contributed by atoms with van der Waals surface area (Å²) in [5.41, 5.74) is 1.59. The van der Waals surface area contributed by atoms with Crippen LogP contribution in [0.5, 0.6) is 17.2 Å². The van der Waals surface area contributed by atoms with Crippen molar-refractivity contribution in [2.75, 3.05) is 41.0 Å². The summed E-state index contributed by atoms with van der Waals surface area (Å²) in [4.78, 5) is 27.4. The summed E-state index contributed by atoms with van der Waals surface area (Å²) in [5.74, 6) is 0.123. The van der Waals surface area contributed by atoms with Crippen molar-refractivity contribution in [3.63, 3.8) is 0 Å². The number of likely N-dealkylation sites (tertiary alicyclic amines) is 1. The van der Waals surface area contributed by atoms with Gasteiger partial charge in [-0.2, -0.15) is 0 Å². The van der Waals surface area contributed by atoms with E-state index in [2.05, 4.69) is 10.6 Å². The van der Waals surface area contributed by atoms with Crippen molar-refractivity contribution in [2.24, 2.45) is 5.92 Å². The van der Waals surface area contributed by atoms with Crippen LogP contribution in [0.25, 0.3) is 0 Å². The number of rotatable bonds is 8. The Hall–Kier alpha value is -3.49. The van der Waals surface area contributed by atoms with Gasteiger partial charge in [-0.05, 0) is 42.3 Å². The molecule has 1 heterocycles. The Labute approximate surface area is 193 Å². The largest absolute Gasteiger partial charge is 0.493 e. The molecule has 2 N–H and O–H groups in total. The molecule has 9 heteroatoms. The van der Waals surface area contributed by atoms with Gasteiger partial charge in [0.05, 0.1) is 27.2 Å². The predicted octanol–water partition coefficient (Wildman–Crippen LogP) is 2.91. The van der Waals surface area contributed by atoms with Crippen molar-refractivity contribution in [1.82, 2.24) is 15.5 Å². The molecule has 0 saturated carbocycles. The normalized spacial score (nSPS) is 17.4. The molecule has 33 heavy (non-hydrogen) atoms. The van der Waals surface area contributed by atoms with Gasteiger partial charge in [-0.15, -0.1) is 0 Å². The summed E-state index contributed by atoms with van der Waals surface area (Å²) >= 11 is 0. The smallest absolute Gasteiger partial charge is 0.317 e. The van der Waals surface area contributed by atoms with E-state index in [1.807, 2.05) is 19.1 Å². The van der Waals surface area contributed by atoms with Crippen LogP contribution in [-0.2, 0) is 11.3 Å². The first-order valence-corrected chi connectivity index (χ1v) is 10.8. The number of hydrogen-bond donors (Lipinski definition) is 2. The van der Waals surface area contributed by atoms with E-state index in [4.69, 9.17) is 14.2 Å². The third-order valence-corrected chi connectivity index (χ3v) is 5.77. The number of hydrogen-bond acceptors (Lipinski definition) is 5. The van der Waals surface area contributed by atoms with E-state index >= 15 is 0 Å². The lowest BCUT2D eigenvalue weighted by Crippen LogP contribution is -2.39. The summed E-state index contributed by atoms with van der Waals surface area (Å²) in [6, 6.07) is 9.37. The first kappa shape index (κ1) is 24.2. The molecule has 3 amide bonds. The van der Waals surface area contributed by atoms with Gasteiger partial charge in [0.15, 0.2) is 11.5 Å². The van der Waals surface area contributed by atoms with Gasteiger partial charge in [0, 0.05) is 32.1 Å². The highest BCUT2D eigenvalue weighted by Crippen LogP contribution is 2.43. The average Bonchev–Trinajstić information content (AvgIpc) is 3.28. The zero-order valence-electron chi connectivity index (χ0n) is 19.3. The monoisotopic (exact) mass is 459 g/mol. The average molecular weight is 460 g/mol. The molecule has 0 unspecified atom stereocenters. The van der Waals surface area contributed by atoms with Crippen LogP contribution in [0.3, 0.4) is 0 Å². The number of carbonyl (C=O) groups excluding carboxylic acids is 2. The summed E-state index contributed by atoms with van der Waals surface area (Å²) in [6.45, 7) is 3.23. The second-order valence-electron chi connectivity index (χ2n) is 7.76. The lowest BCUT2D eigenvalue weighted by Gasteiger charge is -2.21. The molecule has 8 nitrogen and oxygen atoms in total. The number of halogens is 1. The van der Waals surface area contributed by atoms with Crippen LogP contribution in [0.4, 0.5) is 9.18 Å². The standard InChI is InChI=1S/C24H30FN3O5/c1-5-26-24(30)28-13-18(16-10-20(31-2)22(33-4)21(11-16)32-3)19(14-28)23(29)27-12-15-6-8-17(25)9-7-15/h6-11,18-19H,5,12-14H2,1-4H3,(H,26,30)(H,27,29)/t18-,19+/m1/s1. The molecule has 0 radical (unpaired) electrons. The number of methoxy groups -OCH3 is 3. The van der Waals surface area contributed by atoms with E-state index in [-0.39, 0.29) is 36.8 Å². The van der Waals surface area contributed by atoms with Crippen LogP contribution < -0.4 is 24.8 Å². The van der Waals surface area contributed by atoms with Gasteiger partial charge in [-0.25, -0.2) is 9.18 Å². The number of carbonyl (C=O) groups is 2. The highest BCUT2D eigenvalue weighted by atomic mass is 19.1. The van der Waals surface area contributed by atoms with Crippen LogP contribution in [0.1, 0.15) is 24.0 Å². The fourth-order valence-electron chi connectivity index (χ4n) is 4.07. The molecule has 0 aliphatic carbocycles. The number of nitrogens with one attached hydrogen (secondary N) is 2. The lowest BCUT2D eigenvalue weighted by molar-refractivity contribution is -0.125. The van der Waals surface area contributed by atoms with Crippen molar-refractivity contribution in [1.29, 1.82) is 0 Å². The minimum absolute atomic E-state index is 0.190. The highest BCUT2D eigenvalue weighted by molar-refractivity contribution is 5.83. The Kier molecular flexibility index (Phi) is 7.97. The minimum atomic E-state index is -0.490. The number of ether oxygens (including phenoxy) is 3. The molecule has 0 bridgehead atoms. The predicted molar refractivity (Wildman–Crippen MR) is 121 cm³/mol. The lowest BCUT2D eigenvalue weighted by atomic mass is 9.87. The Balaban J connectivity index is 1.88. The summed E-state index contributed by atoms with van der Waals surface area (Å²) < 4.78 is 29.5.